The minimum Gasteiger partial charge on any atom is -0.482 e. The van der Waals surface area contributed by atoms with Gasteiger partial charge in [-0.05, 0) is 30.3 Å². The molecule has 0 fully saturated rings. The van der Waals surface area contributed by atoms with Crippen LogP contribution in [-0.4, -0.2) is 30.5 Å². The van der Waals surface area contributed by atoms with Crippen molar-refractivity contribution in [2.75, 3.05) is 19.0 Å². The molecule has 0 spiro atoms. The molecule has 2 aromatic carbocycles. The van der Waals surface area contributed by atoms with Gasteiger partial charge in [-0.25, -0.2) is 9.07 Å². The second-order valence-electron chi connectivity index (χ2n) is 5.87. The second-order valence-corrected chi connectivity index (χ2v) is 7.11. The van der Waals surface area contributed by atoms with Crippen LogP contribution in [0, 0.1) is 5.82 Å². The Kier molecular flexibility index (Phi) is 4.97. The van der Waals surface area contributed by atoms with E-state index in [1.54, 1.807) is 29.9 Å². The molecule has 1 aromatic heterocycles. The molecule has 0 saturated carbocycles. The van der Waals surface area contributed by atoms with Crippen LogP contribution in [0.2, 0.25) is 5.02 Å². The molecule has 3 aromatic rings. The number of hydrogen-bond acceptors (Lipinski definition) is 5. The van der Waals surface area contributed by atoms with E-state index < -0.39 is 5.82 Å². The first-order chi connectivity index (χ1) is 13.6. The fraction of sp³-hybridized carbons (Fsp3) is 0.105. The van der Waals surface area contributed by atoms with Gasteiger partial charge in [0.15, 0.2) is 6.61 Å². The van der Waals surface area contributed by atoms with Crippen molar-refractivity contribution in [3.63, 3.8) is 0 Å². The number of nitrogens with one attached hydrogen (secondary N) is 1. The van der Waals surface area contributed by atoms with Crippen molar-refractivity contribution < 1.29 is 13.9 Å². The Morgan fingerprint density at radius 1 is 1.36 bits per heavy atom. The zero-order valence-electron chi connectivity index (χ0n) is 14.6. The summed E-state index contributed by atoms with van der Waals surface area (Å²) in [7, 11) is 1.65. The summed E-state index contributed by atoms with van der Waals surface area (Å²) in [4.78, 5) is 16.4. The number of amides is 1. The Labute approximate surface area is 168 Å². The number of thiazole rings is 1. The fourth-order valence-corrected chi connectivity index (χ4v) is 3.77. The van der Waals surface area contributed by atoms with Crippen molar-refractivity contribution >= 4 is 40.7 Å². The summed E-state index contributed by atoms with van der Waals surface area (Å²) in [5, 5.41) is 9.34. The highest BCUT2D eigenvalue weighted by atomic mass is 35.5. The highest BCUT2D eigenvalue weighted by Gasteiger charge is 2.17. The zero-order valence-corrected chi connectivity index (χ0v) is 16.2. The van der Waals surface area contributed by atoms with Crippen molar-refractivity contribution in [1.29, 1.82) is 0 Å². The van der Waals surface area contributed by atoms with Crippen LogP contribution >= 0.6 is 22.9 Å². The third-order valence-corrected chi connectivity index (χ3v) is 5.32. The van der Waals surface area contributed by atoms with Crippen molar-refractivity contribution in [2.45, 2.75) is 0 Å². The molecule has 0 bridgehead atoms. The van der Waals surface area contributed by atoms with Gasteiger partial charge in [0, 0.05) is 23.6 Å². The van der Waals surface area contributed by atoms with Gasteiger partial charge in [0.25, 0.3) is 5.91 Å². The average Bonchev–Trinajstić information content (AvgIpc) is 3.10. The van der Waals surface area contributed by atoms with Crippen LogP contribution in [0.3, 0.4) is 0 Å². The number of rotatable bonds is 3. The van der Waals surface area contributed by atoms with Gasteiger partial charge >= 0.3 is 0 Å². The lowest BCUT2D eigenvalue weighted by Gasteiger charge is -2.18. The fourth-order valence-electron chi connectivity index (χ4n) is 2.75. The van der Waals surface area contributed by atoms with E-state index >= 15 is 0 Å². The predicted molar refractivity (Wildman–Crippen MR) is 108 cm³/mol. The molecule has 0 atom stereocenters. The van der Waals surface area contributed by atoms with Crippen LogP contribution in [-0.2, 0) is 4.79 Å². The summed E-state index contributed by atoms with van der Waals surface area (Å²) >= 11 is 7.47. The van der Waals surface area contributed by atoms with E-state index in [-0.39, 0.29) is 23.1 Å². The Morgan fingerprint density at radius 3 is 3.00 bits per heavy atom. The van der Waals surface area contributed by atoms with Crippen LogP contribution < -0.4 is 14.9 Å². The van der Waals surface area contributed by atoms with Crippen molar-refractivity contribution in [3.8, 4) is 17.0 Å². The SMILES string of the molecule is CN=c1scc(-c2ccc3c(c2)NC(=O)CO3)n1N=Cc1c(F)cccc1Cl. The van der Waals surface area contributed by atoms with Crippen molar-refractivity contribution in [3.05, 3.63) is 63.0 Å². The molecule has 1 N–H and O–H groups in total. The molecule has 28 heavy (non-hydrogen) atoms. The number of halogens is 2. The van der Waals surface area contributed by atoms with Gasteiger partial charge in [-0.1, -0.05) is 17.7 Å². The minimum absolute atomic E-state index is 0.00263. The quantitative estimate of drug-likeness (QED) is 0.661. The number of carbonyl (C=O) groups excluding carboxylic acids is 1. The van der Waals surface area contributed by atoms with Gasteiger partial charge in [-0.3, -0.25) is 9.79 Å². The highest BCUT2D eigenvalue weighted by molar-refractivity contribution is 7.07. The number of ether oxygens (including phenoxy) is 1. The largest absolute Gasteiger partial charge is 0.482 e. The van der Waals surface area contributed by atoms with E-state index in [2.05, 4.69) is 15.4 Å². The Balaban J connectivity index is 1.79. The summed E-state index contributed by atoms with van der Waals surface area (Å²) in [6.45, 7) is -0.00263. The average molecular weight is 417 g/mol. The van der Waals surface area contributed by atoms with E-state index in [9.17, 15) is 9.18 Å². The summed E-state index contributed by atoms with van der Waals surface area (Å²) < 4.78 is 21.0. The lowest BCUT2D eigenvalue weighted by atomic mass is 10.1. The van der Waals surface area contributed by atoms with Gasteiger partial charge in [0.1, 0.15) is 11.6 Å². The molecule has 1 aliphatic heterocycles. The number of hydrogen-bond donors (Lipinski definition) is 1. The van der Waals surface area contributed by atoms with Crippen molar-refractivity contribution in [1.82, 2.24) is 4.68 Å². The molecular weight excluding hydrogens is 403 g/mol. The number of benzene rings is 2. The first kappa shape index (κ1) is 18.4. The zero-order chi connectivity index (χ0) is 19.7. The van der Waals surface area contributed by atoms with Crippen LogP contribution in [0.15, 0.2) is 51.9 Å². The second kappa shape index (κ2) is 7.57. The summed E-state index contributed by atoms with van der Waals surface area (Å²) in [6, 6.07) is 9.91. The molecule has 4 rings (SSSR count). The molecule has 1 amide bonds. The number of fused-ring (bicyclic) bond motifs is 1. The topological polar surface area (TPSA) is 68.0 Å². The minimum atomic E-state index is -0.461. The van der Waals surface area contributed by atoms with E-state index in [0.717, 1.165) is 11.3 Å². The maximum absolute atomic E-state index is 14.1. The van der Waals surface area contributed by atoms with Crippen LogP contribution in [0.25, 0.3) is 11.3 Å². The van der Waals surface area contributed by atoms with E-state index in [1.165, 1.54) is 29.7 Å². The predicted octanol–water partition coefficient (Wildman–Crippen LogP) is 3.75. The summed E-state index contributed by atoms with van der Waals surface area (Å²) in [6.07, 6.45) is 1.37. The molecule has 0 unspecified atom stereocenters. The highest BCUT2D eigenvalue weighted by Crippen LogP contribution is 2.32. The molecule has 142 valence electrons. The van der Waals surface area contributed by atoms with E-state index in [0.29, 0.717) is 16.2 Å². The summed E-state index contributed by atoms with van der Waals surface area (Å²) in [5.41, 5.74) is 2.31. The molecule has 0 aliphatic carbocycles. The lowest BCUT2D eigenvalue weighted by Crippen LogP contribution is -2.25. The molecular formula is C19H14ClFN4O2S. The number of aromatic nitrogens is 1. The number of anilines is 1. The molecule has 1 aliphatic rings. The van der Waals surface area contributed by atoms with Crippen LogP contribution in [0.4, 0.5) is 10.1 Å². The van der Waals surface area contributed by atoms with Gasteiger partial charge in [0.05, 0.1) is 22.6 Å². The lowest BCUT2D eigenvalue weighted by molar-refractivity contribution is -0.118. The maximum atomic E-state index is 14.1. The number of carbonyl (C=O) groups is 1. The first-order valence-corrected chi connectivity index (χ1v) is 9.51. The van der Waals surface area contributed by atoms with Gasteiger partial charge in [-0.15, -0.1) is 11.3 Å². The monoisotopic (exact) mass is 416 g/mol. The molecule has 0 saturated heterocycles. The smallest absolute Gasteiger partial charge is 0.262 e. The summed E-state index contributed by atoms with van der Waals surface area (Å²) in [5.74, 6) is -0.0660. The van der Waals surface area contributed by atoms with Crippen molar-refractivity contribution in [2.24, 2.45) is 10.1 Å². The normalized spacial score (nSPS) is 14.1. The molecule has 6 nitrogen and oxygen atoms in total. The van der Waals surface area contributed by atoms with Crippen LogP contribution in [0.5, 0.6) is 5.75 Å². The number of nitrogens with zero attached hydrogens (tertiary/aromatic N) is 3. The first-order valence-electron chi connectivity index (χ1n) is 8.25. The van der Waals surface area contributed by atoms with Crippen LogP contribution in [0.1, 0.15) is 5.56 Å². The Bertz CT molecular complexity index is 1150. The van der Waals surface area contributed by atoms with Gasteiger partial charge in [0.2, 0.25) is 4.80 Å². The molecule has 2 heterocycles. The third kappa shape index (κ3) is 3.44. The maximum Gasteiger partial charge on any atom is 0.262 e. The Morgan fingerprint density at radius 2 is 2.21 bits per heavy atom. The third-order valence-electron chi connectivity index (χ3n) is 4.09. The Hall–Kier alpha value is -2.97. The standard InChI is InChI=1S/C19H14ClFN4O2S/c1-22-19-25(23-8-12-13(20)3-2-4-14(12)21)16(10-28-19)11-5-6-17-15(7-11)24-18(26)9-27-17/h2-8,10H,9H2,1H3,(H,24,26). The molecule has 9 heteroatoms. The van der Waals surface area contributed by atoms with E-state index in [4.69, 9.17) is 16.3 Å². The van der Waals surface area contributed by atoms with Gasteiger partial charge in [-0.2, -0.15) is 5.10 Å². The molecule has 0 radical (unpaired) electrons. The van der Waals surface area contributed by atoms with Gasteiger partial charge < -0.3 is 10.1 Å². The van der Waals surface area contributed by atoms with E-state index in [1.807, 2.05) is 11.4 Å².